The summed E-state index contributed by atoms with van der Waals surface area (Å²) in [5, 5.41) is 0. The lowest BCUT2D eigenvalue weighted by Crippen LogP contribution is -2.45. The van der Waals surface area contributed by atoms with E-state index in [1.165, 1.54) is 30.9 Å². The van der Waals surface area contributed by atoms with Gasteiger partial charge in [-0.05, 0) is 24.6 Å². The summed E-state index contributed by atoms with van der Waals surface area (Å²) >= 11 is 0. The molecule has 0 aliphatic carbocycles. The summed E-state index contributed by atoms with van der Waals surface area (Å²) in [5.74, 6) is 0. The summed E-state index contributed by atoms with van der Waals surface area (Å²) in [7, 11) is 1.73. The molecule has 1 fully saturated rings. The van der Waals surface area contributed by atoms with Gasteiger partial charge in [-0.2, -0.15) is 0 Å². The van der Waals surface area contributed by atoms with Gasteiger partial charge in [0.2, 0.25) is 0 Å². The molecule has 0 atom stereocenters. The second-order valence-corrected chi connectivity index (χ2v) is 5.11. The van der Waals surface area contributed by atoms with Gasteiger partial charge in [-0.1, -0.05) is 13.0 Å². The summed E-state index contributed by atoms with van der Waals surface area (Å²) in [6, 6.07) is 4.32. The average Bonchev–Trinajstić information content (AvgIpc) is 2.47. The lowest BCUT2D eigenvalue weighted by Gasteiger charge is -2.33. The number of rotatable bonds is 6. The third-order valence-corrected chi connectivity index (χ3v) is 3.78. The van der Waals surface area contributed by atoms with Crippen LogP contribution in [-0.4, -0.2) is 61.2 Å². The second kappa shape index (κ2) is 7.58. The Morgan fingerprint density at radius 3 is 2.47 bits per heavy atom. The fourth-order valence-corrected chi connectivity index (χ4v) is 2.41. The lowest BCUT2D eigenvalue weighted by atomic mass is 10.2. The minimum Gasteiger partial charge on any atom is -0.384 e. The van der Waals surface area contributed by atoms with Gasteiger partial charge in [0.15, 0.2) is 0 Å². The Labute approximate surface area is 116 Å². The van der Waals surface area contributed by atoms with Gasteiger partial charge >= 0.3 is 0 Å². The smallest absolute Gasteiger partial charge is 0.0544 e. The van der Waals surface area contributed by atoms with Crippen molar-refractivity contribution in [2.45, 2.75) is 19.9 Å². The third kappa shape index (κ3) is 4.56. The summed E-state index contributed by atoms with van der Waals surface area (Å²) in [6.07, 6.45) is 2.93. The van der Waals surface area contributed by atoms with E-state index >= 15 is 0 Å². The van der Waals surface area contributed by atoms with Crippen molar-refractivity contribution >= 4 is 0 Å². The van der Waals surface area contributed by atoms with Crippen molar-refractivity contribution in [1.29, 1.82) is 0 Å². The normalized spacial score (nSPS) is 17.8. The van der Waals surface area contributed by atoms with E-state index in [1.807, 2.05) is 6.20 Å². The van der Waals surface area contributed by atoms with Crippen LogP contribution < -0.4 is 0 Å². The standard InChI is InChI=1S/C15H25N3O/c1-3-17-7-9-18(10-8-17)13-15-5-4-14(12-16-15)6-11-19-2/h4-5,12H,3,6-11,13H2,1-2H3. The van der Waals surface area contributed by atoms with Crippen LogP contribution in [0.1, 0.15) is 18.2 Å². The summed E-state index contributed by atoms with van der Waals surface area (Å²) < 4.78 is 5.08. The molecule has 4 heteroatoms. The molecule has 1 aromatic heterocycles. The number of pyridine rings is 1. The van der Waals surface area contributed by atoms with Gasteiger partial charge in [0.25, 0.3) is 0 Å². The number of nitrogens with zero attached hydrogens (tertiary/aromatic N) is 3. The lowest BCUT2D eigenvalue weighted by molar-refractivity contribution is 0.131. The maximum Gasteiger partial charge on any atom is 0.0544 e. The van der Waals surface area contributed by atoms with Gasteiger partial charge < -0.3 is 9.64 Å². The highest BCUT2D eigenvalue weighted by Crippen LogP contribution is 2.08. The molecule has 0 saturated carbocycles. The molecule has 2 rings (SSSR count). The minimum atomic E-state index is 0.764. The molecule has 2 heterocycles. The molecule has 0 aromatic carbocycles. The van der Waals surface area contributed by atoms with Gasteiger partial charge in [-0.3, -0.25) is 9.88 Å². The van der Waals surface area contributed by atoms with E-state index < -0.39 is 0 Å². The van der Waals surface area contributed by atoms with Crippen LogP contribution in [0.25, 0.3) is 0 Å². The number of ether oxygens (including phenoxy) is 1. The van der Waals surface area contributed by atoms with E-state index in [2.05, 4.69) is 33.8 Å². The minimum absolute atomic E-state index is 0.764. The molecule has 1 aromatic rings. The number of aromatic nitrogens is 1. The van der Waals surface area contributed by atoms with E-state index in [0.29, 0.717) is 0 Å². The molecule has 0 bridgehead atoms. The van der Waals surface area contributed by atoms with Crippen LogP contribution in [0.15, 0.2) is 18.3 Å². The molecule has 0 unspecified atom stereocenters. The highest BCUT2D eigenvalue weighted by molar-refractivity contribution is 5.14. The molecule has 1 saturated heterocycles. The summed E-state index contributed by atoms with van der Waals surface area (Å²) in [6.45, 7) is 9.81. The first-order chi connectivity index (χ1) is 9.31. The molecular weight excluding hydrogens is 238 g/mol. The van der Waals surface area contributed by atoms with E-state index in [4.69, 9.17) is 4.74 Å². The Hall–Kier alpha value is -0.970. The molecule has 106 valence electrons. The monoisotopic (exact) mass is 263 g/mol. The average molecular weight is 263 g/mol. The first kappa shape index (κ1) is 14.4. The fraction of sp³-hybridized carbons (Fsp3) is 0.667. The van der Waals surface area contributed by atoms with Crippen LogP contribution in [-0.2, 0) is 17.7 Å². The van der Waals surface area contributed by atoms with E-state index in [9.17, 15) is 0 Å². The topological polar surface area (TPSA) is 28.6 Å². The quantitative estimate of drug-likeness (QED) is 0.776. The van der Waals surface area contributed by atoms with Crippen LogP contribution in [0.4, 0.5) is 0 Å². The largest absolute Gasteiger partial charge is 0.384 e. The van der Waals surface area contributed by atoms with Crippen LogP contribution >= 0.6 is 0 Å². The maximum atomic E-state index is 5.08. The number of hydrogen-bond donors (Lipinski definition) is 0. The van der Waals surface area contributed by atoms with E-state index in [-0.39, 0.29) is 0 Å². The molecule has 0 spiro atoms. The summed E-state index contributed by atoms with van der Waals surface area (Å²) in [4.78, 5) is 9.54. The van der Waals surface area contributed by atoms with E-state index in [1.54, 1.807) is 7.11 Å². The van der Waals surface area contributed by atoms with Gasteiger partial charge in [0.1, 0.15) is 0 Å². The zero-order chi connectivity index (χ0) is 13.5. The number of piperazine rings is 1. The molecule has 0 radical (unpaired) electrons. The summed E-state index contributed by atoms with van der Waals surface area (Å²) in [5.41, 5.74) is 2.42. The Balaban J connectivity index is 1.79. The predicted molar refractivity (Wildman–Crippen MR) is 77.2 cm³/mol. The molecule has 4 nitrogen and oxygen atoms in total. The first-order valence-electron chi connectivity index (χ1n) is 7.19. The Morgan fingerprint density at radius 1 is 1.16 bits per heavy atom. The van der Waals surface area contributed by atoms with Crippen molar-refractivity contribution < 1.29 is 4.74 Å². The van der Waals surface area contributed by atoms with Crippen molar-refractivity contribution in [3.63, 3.8) is 0 Å². The van der Waals surface area contributed by atoms with Crippen LogP contribution in [0, 0.1) is 0 Å². The predicted octanol–water partition coefficient (Wildman–Crippen LogP) is 1.41. The van der Waals surface area contributed by atoms with Crippen LogP contribution in [0.3, 0.4) is 0 Å². The zero-order valence-electron chi connectivity index (χ0n) is 12.1. The van der Waals surface area contributed by atoms with Gasteiger partial charge in [-0.25, -0.2) is 0 Å². The van der Waals surface area contributed by atoms with Crippen molar-refractivity contribution in [2.75, 3.05) is 46.4 Å². The SMILES string of the molecule is CCN1CCN(Cc2ccc(CCOC)cn2)CC1. The van der Waals surface area contributed by atoms with Crippen molar-refractivity contribution in [3.8, 4) is 0 Å². The van der Waals surface area contributed by atoms with Crippen molar-refractivity contribution in [3.05, 3.63) is 29.6 Å². The fourth-order valence-electron chi connectivity index (χ4n) is 2.41. The molecule has 1 aliphatic rings. The van der Waals surface area contributed by atoms with Crippen LogP contribution in [0.5, 0.6) is 0 Å². The highest BCUT2D eigenvalue weighted by atomic mass is 16.5. The Kier molecular flexibility index (Phi) is 5.76. The van der Waals surface area contributed by atoms with Gasteiger partial charge in [0.05, 0.1) is 12.3 Å². The molecule has 0 N–H and O–H groups in total. The third-order valence-electron chi connectivity index (χ3n) is 3.78. The zero-order valence-corrected chi connectivity index (χ0v) is 12.1. The number of hydrogen-bond acceptors (Lipinski definition) is 4. The number of likely N-dealkylation sites (N-methyl/N-ethyl adjacent to an activating group) is 1. The second-order valence-electron chi connectivity index (χ2n) is 5.11. The molecule has 0 amide bonds. The molecule has 19 heavy (non-hydrogen) atoms. The highest BCUT2D eigenvalue weighted by Gasteiger charge is 2.15. The van der Waals surface area contributed by atoms with Crippen molar-refractivity contribution in [2.24, 2.45) is 0 Å². The van der Waals surface area contributed by atoms with Gasteiger partial charge in [0, 0.05) is 46.0 Å². The van der Waals surface area contributed by atoms with E-state index in [0.717, 1.165) is 32.7 Å². The maximum absolute atomic E-state index is 5.08. The molecule has 1 aliphatic heterocycles. The van der Waals surface area contributed by atoms with Gasteiger partial charge in [-0.15, -0.1) is 0 Å². The number of methoxy groups -OCH3 is 1. The molecular formula is C15H25N3O. The van der Waals surface area contributed by atoms with Crippen LogP contribution in [0.2, 0.25) is 0 Å². The Morgan fingerprint density at radius 2 is 1.89 bits per heavy atom. The Bertz CT molecular complexity index is 358. The first-order valence-corrected chi connectivity index (χ1v) is 7.19. The van der Waals surface area contributed by atoms with Crippen molar-refractivity contribution in [1.82, 2.24) is 14.8 Å².